The van der Waals surface area contributed by atoms with E-state index in [4.69, 9.17) is 21.1 Å². The van der Waals surface area contributed by atoms with Gasteiger partial charge >= 0.3 is 0 Å². The molecule has 124 valence electrons. The van der Waals surface area contributed by atoms with Crippen LogP contribution >= 0.6 is 22.9 Å². The van der Waals surface area contributed by atoms with Crippen molar-refractivity contribution in [1.82, 2.24) is 4.90 Å². The molecule has 0 saturated heterocycles. The van der Waals surface area contributed by atoms with E-state index in [1.807, 2.05) is 23.4 Å². The molecule has 2 rings (SSSR count). The maximum atomic E-state index is 12.2. The molecule has 5 nitrogen and oxygen atoms in total. The van der Waals surface area contributed by atoms with E-state index in [9.17, 15) is 4.79 Å². The minimum absolute atomic E-state index is 0.134. The number of nitrogens with zero attached hydrogens (tertiary/aromatic N) is 1. The number of carbonyl (C=O) groups excluding carboxylic acids is 1. The summed E-state index contributed by atoms with van der Waals surface area (Å²) in [5.41, 5.74) is 1.72. The Labute approximate surface area is 144 Å². The van der Waals surface area contributed by atoms with Crippen LogP contribution < -0.4 is 14.8 Å². The highest BCUT2D eigenvalue weighted by Gasteiger charge is 2.14. The Kier molecular flexibility index (Phi) is 6.27. The third-order valence-corrected chi connectivity index (χ3v) is 4.22. The van der Waals surface area contributed by atoms with Crippen LogP contribution in [0.5, 0.6) is 11.5 Å². The quantitative estimate of drug-likeness (QED) is 0.827. The summed E-state index contributed by atoms with van der Waals surface area (Å²) in [6.07, 6.45) is 0. The van der Waals surface area contributed by atoms with E-state index < -0.39 is 0 Å². The molecule has 0 atom stereocenters. The van der Waals surface area contributed by atoms with Gasteiger partial charge in [-0.2, -0.15) is 11.3 Å². The van der Waals surface area contributed by atoms with Crippen molar-refractivity contribution in [2.24, 2.45) is 0 Å². The van der Waals surface area contributed by atoms with E-state index in [1.54, 1.807) is 23.5 Å². The van der Waals surface area contributed by atoms with Crippen LogP contribution in [0.3, 0.4) is 0 Å². The molecule has 1 amide bonds. The van der Waals surface area contributed by atoms with Gasteiger partial charge in [0.15, 0.2) is 0 Å². The van der Waals surface area contributed by atoms with Gasteiger partial charge in [-0.1, -0.05) is 11.6 Å². The summed E-state index contributed by atoms with van der Waals surface area (Å²) in [4.78, 5) is 14.2. The van der Waals surface area contributed by atoms with E-state index in [-0.39, 0.29) is 12.5 Å². The van der Waals surface area contributed by atoms with Gasteiger partial charge in [0.05, 0.1) is 31.5 Å². The number of thiophene rings is 1. The number of hydrogen-bond donors (Lipinski definition) is 1. The number of nitrogens with one attached hydrogen (secondary N) is 1. The molecule has 2 aromatic rings. The standard InChI is InChI=1S/C16H19ClN2O3S/c1-19(8-11-4-5-23-10-11)9-16(20)18-13-7-14(21-2)12(17)6-15(13)22-3/h4-7,10H,8-9H2,1-3H3,(H,18,20). The summed E-state index contributed by atoms with van der Waals surface area (Å²) in [7, 11) is 4.95. The molecule has 0 spiro atoms. The lowest BCUT2D eigenvalue weighted by Gasteiger charge is -2.17. The van der Waals surface area contributed by atoms with Crippen molar-refractivity contribution in [3.8, 4) is 11.5 Å². The fourth-order valence-electron chi connectivity index (χ4n) is 2.14. The van der Waals surface area contributed by atoms with Gasteiger partial charge in [0.25, 0.3) is 0 Å². The maximum absolute atomic E-state index is 12.2. The van der Waals surface area contributed by atoms with E-state index in [1.165, 1.54) is 19.8 Å². The fourth-order valence-corrected chi connectivity index (χ4v) is 3.03. The lowest BCUT2D eigenvalue weighted by atomic mass is 10.2. The summed E-state index contributed by atoms with van der Waals surface area (Å²) < 4.78 is 10.4. The highest BCUT2D eigenvalue weighted by atomic mass is 35.5. The van der Waals surface area contributed by atoms with Crippen molar-refractivity contribution in [2.45, 2.75) is 6.54 Å². The zero-order valence-corrected chi connectivity index (χ0v) is 14.8. The van der Waals surface area contributed by atoms with Crippen LogP contribution in [0.15, 0.2) is 29.0 Å². The lowest BCUT2D eigenvalue weighted by molar-refractivity contribution is -0.117. The van der Waals surface area contributed by atoms with Crippen LogP contribution in [0.2, 0.25) is 5.02 Å². The molecule has 0 fully saturated rings. The third kappa shape index (κ3) is 4.86. The molecule has 0 saturated carbocycles. The van der Waals surface area contributed by atoms with Crippen molar-refractivity contribution in [1.29, 1.82) is 0 Å². The normalized spacial score (nSPS) is 10.7. The first-order valence-corrected chi connectivity index (χ1v) is 8.26. The van der Waals surface area contributed by atoms with Crippen LogP contribution in [0.1, 0.15) is 5.56 Å². The zero-order chi connectivity index (χ0) is 16.8. The molecule has 0 radical (unpaired) electrons. The molecule has 1 heterocycles. The van der Waals surface area contributed by atoms with Crippen LogP contribution in [-0.2, 0) is 11.3 Å². The molecule has 23 heavy (non-hydrogen) atoms. The number of rotatable bonds is 7. The first-order valence-electron chi connectivity index (χ1n) is 6.94. The number of benzene rings is 1. The predicted octanol–water partition coefficient (Wildman–Crippen LogP) is 3.49. The monoisotopic (exact) mass is 354 g/mol. The zero-order valence-electron chi connectivity index (χ0n) is 13.3. The highest BCUT2D eigenvalue weighted by molar-refractivity contribution is 7.07. The van der Waals surface area contributed by atoms with Crippen molar-refractivity contribution in [2.75, 3.05) is 33.1 Å². The summed E-state index contributed by atoms with van der Waals surface area (Å²) in [6.45, 7) is 0.988. The number of ether oxygens (including phenoxy) is 2. The second kappa shape index (κ2) is 8.19. The highest BCUT2D eigenvalue weighted by Crippen LogP contribution is 2.35. The minimum atomic E-state index is -0.134. The van der Waals surface area contributed by atoms with Gasteiger partial charge in [-0.05, 0) is 29.4 Å². The van der Waals surface area contributed by atoms with E-state index in [2.05, 4.69) is 10.7 Å². The Bertz CT molecular complexity index is 662. The molecular weight excluding hydrogens is 336 g/mol. The molecule has 0 aliphatic heterocycles. The van der Waals surface area contributed by atoms with Gasteiger partial charge in [-0.25, -0.2) is 0 Å². The topological polar surface area (TPSA) is 50.8 Å². The second-order valence-corrected chi connectivity index (χ2v) is 6.23. The number of methoxy groups -OCH3 is 2. The van der Waals surface area contributed by atoms with Crippen molar-refractivity contribution < 1.29 is 14.3 Å². The number of anilines is 1. The third-order valence-electron chi connectivity index (χ3n) is 3.19. The van der Waals surface area contributed by atoms with Gasteiger partial charge < -0.3 is 14.8 Å². The van der Waals surface area contributed by atoms with E-state index >= 15 is 0 Å². The SMILES string of the molecule is COc1cc(NC(=O)CN(C)Cc2ccsc2)c(OC)cc1Cl. The van der Waals surface area contributed by atoms with Gasteiger partial charge in [0.2, 0.25) is 5.91 Å². The summed E-state index contributed by atoms with van der Waals surface area (Å²) >= 11 is 7.70. The summed E-state index contributed by atoms with van der Waals surface area (Å²) in [5.74, 6) is 0.837. The van der Waals surface area contributed by atoms with E-state index in [0.29, 0.717) is 22.2 Å². The van der Waals surface area contributed by atoms with Crippen molar-refractivity contribution in [3.05, 3.63) is 39.5 Å². The Balaban J connectivity index is 2.01. The number of carbonyl (C=O) groups is 1. The van der Waals surface area contributed by atoms with Gasteiger partial charge in [0, 0.05) is 18.7 Å². The van der Waals surface area contributed by atoms with Gasteiger partial charge in [-0.3, -0.25) is 9.69 Å². The smallest absolute Gasteiger partial charge is 0.238 e. The van der Waals surface area contributed by atoms with Crippen molar-refractivity contribution >= 4 is 34.5 Å². The maximum Gasteiger partial charge on any atom is 0.238 e. The Morgan fingerprint density at radius 1 is 1.30 bits per heavy atom. The molecule has 0 bridgehead atoms. The molecule has 1 N–H and O–H groups in total. The summed E-state index contributed by atoms with van der Waals surface area (Å²) in [5, 5.41) is 7.35. The Morgan fingerprint density at radius 2 is 2.04 bits per heavy atom. The number of hydrogen-bond acceptors (Lipinski definition) is 5. The van der Waals surface area contributed by atoms with Gasteiger partial charge in [-0.15, -0.1) is 0 Å². The van der Waals surface area contributed by atoms with Crippen LogP contribution in [0, 0.1) is 0 Å². The second-order valence-electron chi connectivity index (χ2n) is 5.04. The average molecular weight is 355 g/mol. The van der Waals surface area contributed by atoms with Crippen molar-refractivity contribution in [3.63, 3.8) is 0 Å². The molecule has 0 unspecified atom stereocenters. The predicted molar refractivity (Wildman–Crippen MR) is 93.8 cm³/mol. The number of likely N-dealkylation sites (N-methyl/N-ethyl adjacent to an activating group) is 1. The molecule has 0 aliphatic carbocycles. The Hall–Kier alpha value is -1.76. The summed E-state index contributed by atoms with van der Waals surface area (Å²) in [6, 6.07) is 5.31. The molecule has 1 aromatic carbocycles. The van der Waals surface area contributed by atoms with E-state index in [0.717, 1.165) is 6.54 Å². The Morgan fingerprint density at radius 3 is 2.65 bits per heavy atom. The lowest BCUT2D eigenvalue weighted by Crippen LogP contribution is -2.29. The largest absolute Gasteiger partial charge is 0.495 e. The number of amides is 1. The van der Waals surface area contributed by atoms with Gasteiger partial charge in [0.1, 0.15) is 11.5 Å². The molecule has 1 aromatic heterocycles. The van der Waals surface area contributed by atoms with Crippen LogP contribution in [0.25, 0.3) is 0 Å². The molecule has 7 heteroatoms. The van der Waals surface area contributed by atoms with Crippen LogP contribution in [-0.4, -0.2) is 38.6 Å². The average Bonchev–Trinajstić information content (AvgIpc) is 3.01. The first-order chi connectivity index (χ1) is 11.0. The molecule has 0 aliphatic rings. The first kappa shape index (κ1) is 17.6. The van der Waals surface area contributed by atoms with Crippen LogP contribution in [0.4, 0.5) is 5.69 Å². The minimum Gasteiger partial charge on any atom is -0.495 e. The number of halogens is 1. The fraction of sp³-hybridized carbons (Fsp3) is 0.312. The molecular formula is C16H19ClN2O3S.